The Morgan fingerprint density at radius 2 is 1.86 bits per heavy atom. The highest BCUT2D eigenvalue weighted by Gasteiger charge is 2.45. The number of nitrogens with zero attached hydrogens (tertiary/aromatic N) is 6. The molecule has 43 heavy (non-hydrogen) atoms. The van der Waals surface area contributed by atoms with E-state index in [1.807, 2.05) is 0 Å². The van der Waals surface area contributed by atoms with Gasteiger partial charge in [0.1, 0.15) is 41.5 Å². The van der Waals surface area contributed by atoms with Gasteiger partial charge in [0, 0.05) is 12.8 Å². The van der Waals surface area contributed by atoms with Crippen LogP contribution in [0.3, 0.4) is 0 Å². The van der Waals surface area contributed by atoms with Crippen molar-refractivity contribution in [3.63, 3.8) is 0 Å². The van der Waals surface area contributed by atoms with Gasteiger partial charge < -0.3 is 35.6 Å². The van der Waals surface area contributed by atoms with Gasteiger partial charge in [-0.05, 0) is 6.42 Å². The van der Waals surface area contributed by atoms with E-state index < -0.39 is 63.6 Å². The molecule has 2 aliphatic heterocycles. The molecule has 4 aromatic heterocycles. The third-order valence-corrected chi connectivity index (χ3v) is 9.03. The second-order valence-corrected chi connectivity index (χ2v) is 13.0. The maximum atomic E-state index is 13.1. The fraction of sp³-hybridized carbons (Fsp3) is 0.474. The van der Waals surface area contributed by atoms with Crippen molar-refractivity contribution in [2.45, 2.75) is 50.2 Å². The van der Waals surface area contributed by atoms with E-state index in [9.17, 15) is 33.4 Å². The molecule has 0 bridgehead atoms. The van der Waals surface area contributed by atoms with Crippen LogP contribution in [0.15, 0.2) is 22.2 Å². The average molecular weight is 663 g/mol. The smallest absolute Gasteiger partial charge is 0.382 e. The van der Waals surface area contributed by atoms with Gasteiger partial charge in [0.25, 0.3) is 5.56 Å². The van der Waals surface area contributed by atoms with E-state index in [1.165, 1.54) is 10.9 Å². The van der Waals surface area contributed by atoms with Crippen LogP contribution >= 0.6 is 27.0 Å². The highest BCUT2D eigenvalue weighted by molar-refractivity contribution is 7.47. The van der Waals surface area contributed by atoms with Crippen LogP contribution in [0, 0.1) is 0 Å². The number of fused-ring (bicyclic) bond motifs is 2. The Morgan fingerprint density at radius 1 is 1.07 bits per heavy atom. The van der Waals surface area contributed by atoms with Crippen molar-refractivity contribution in [2.75, 3.05) is 18.1 Å². The second kappa shape index (κ2) is 11.1. The van der Waals surface area contributed by atoms with Gasteiger partial charge in [-0.2, -0.15) is 4.98 Å². The van der Waals surface area contributed by atoms with E-state index in [1.54, 1.807) is 0 Å². The lowest BCUT2D eigenvalue weighted by molar-refractivity contribution is -0.112. The molecule has 6 rings (SSSR count). The normalized spacial score (nSPS) is 26.0. The largest absolute Gasteiger partial charge is 0.474 e. The summed E-state index contributed by atoms with van der Waals surface area (Å²) in [5.41, 5.74) is 11.2. The zero-order valence-corrected chi connectivity index (χ0v) is 24.1. The molecule has 2 aliphatic rings. The molecule has 2 fully saturated rings. The van der Waals surface area contributed by atoms with Crippen LogP contribution < -0.4 is 21.9 Å². The first-order valence-corrected chi connectivity index (χ1v) is 16.2. The SMILES string of the molecule is Nc1nc2c(ncn2[C@H]2CC[C@@H](OP(=O)(O)O[C@H]3C[C@H](n4c(=O)sc5c(N)ncnc54)O[C@@H]3COP(=O)(O)O)O2)c(=O)[nH]1. The van der Waals surface area contributed by atoms with Crippen molar-refractivity contribution >= 4 is 60.3 Å². The molecule has 0 spiro atoms. The molecule has 2 saturated heterocycles. The van der Waals surface area contributed by atoms with Crippen molar-refractivity contribution in [3.8, 4) is 0 Å². The molecule has 8 N–H and O–H groups in total. The Kier molecular flexibility index (Phi) is 7.72. The Morgan fingerprint density at radius 3 is 2.63 bits per heavy atom. The molecule has 0 aliphatic carbocycles. The van der Waals surface area contributed by atoms with Gasteiger partial charge in [0.15, 0.2) is 23.1 Å². The number of nitrogen functional groups attached to an aromatic ring is 2. The average Bonchev–Trinajstić information content (AvgIpc) is 3.67. The van der Waals surface area contributed by atoms with Crippen LogP contribution in [0.2, 0.25) is 0 Å². The van der Waals surface area contributed by atoms with Crippen molar-refractivity contribution in [2.24, 2.45) is 0 Å². The number of phosphoric ester groups is 2. The van der Waals surface area contributed by atoms with Crippen LogP contribution in [0.5, 0.6) is 0 Å². The summed E-state index contributed by atoms with van der Waals surface area (Å²) in [5, 5.41) is 0. The summed E-state index contributed by atoms with van der Waals surface area (Å²) in [6.07, 6.45) is -3.23. The van der Waals surface area contributed by atoms with Gasteiger partial charge in [-0.25, -0.2) is 24.1 Å². The van der Waals surface area contributed by atoms with Crippen molar-refractivity contribution < 1.29 is 46.9 Å². The summed E-state index contributed by atoms with van der Waals surface area (Å²) in [7, 11) is -9.91. The number of nitrogens with two attached hydrogens (primary N) is 2. The molecular weight excluding hydrogens is 640 g/mol. The Balaban J connectivity index is 1.18. The third-order valence-electron chi connectivity index (χ3n) is 6.54. The number of rotatable bonds is 9. The van der Waals surface area contributed by atoms with Crippen LogP contribution in [-0.2, 0) is 32.2 Å². The highest BCUT2D eigenvalue weighted by atomic mass is 32.1. The number of H-pyrrole nitrogens is 1. The van der Waals surface area contributed by atoms with Gasteiger partial charge in [0.05, 0.1) is 12.9 Å². The predicted molar refractivity (Wildman–Crippen MR) is 144 cm³/mol. The third kappa shape index (κ3) is 6.12. The molecule has 0 aromatic carbocycles. The number of hydrogen-bond donors (Lipinski definition) is 6. The lowest BCUT2D eigenvalue weighted by atomic mass is 10.2. The quantitative estimate of drug-likeness (QED) is 0.125. The van der Waals surface area contributed by atoms with Gasteiger partial charge in [-0.1, -0.05) is 11.3 Å². The number of nitrogens with one attached hydrogen (secondary N) is 1. The van der Waals surface area contributed by atoms with Gasteiger partial charge in [0.2, 0.25) is 5.95 Å². The maximum Gasteiger partial charge on any atom is 0.474 e. The molecular formula is C19H23N9O12P2S. The summed E-state index contributed by atoms with van der Waals surface area (Å²) in [4.78, 5) is 71.6. The predicted octanol–water partition coefficient (Wildman–Crippen LogP) is -0.315. The van der Waals surface area contributed by atoms with Crippen molar-refractivity contribution in [1.29, 1.82) is 0 Å². The summed E-state index contributed by atoms with van der Waals surface area (Å²) >= 11 is 0.746. The molecule has 0 amide bonds. The highest BCUT2D eigenvalue weighted by Crippen LogP contribution is 2.52. The molecule has 232 valence electrons. The topological polar surface area (TPSA) is 304 Å². The Labute approximate surface area is 242 Å². The lowest BCUT2D eigenvalue weighted by Crippen LogP contribution is -2.29. The standard InChI is InChI=1S/C19H23N9O12P2S/c20-14-13-16(23-5-22-14)28(19(30)43-13)10-3-7(8(37-10)4-36-41(31,32)33)39-42(34,35)40-11-2-1-9(38-11)27-6-24-12-15(27)25-18(21)26-17(12)29/h5-11H,1-4H2,(H,34,35)(H2,20,22,23)(H2,31,32,33)(H3,21,25,26,29)/t7-,8+,9+,10+,11+/m0/s1. The van der Waals surface area contributed by atoms with Gasteiger partial charge >= 0.3 is 20.5 Å². The first-order chi connectivity index (χ1) is 20.3. The number of anilines is 2. The van der Waals surface area contributed by atoms with Crippen LogP contribution in [-0.4, -0.2) is 73.8 Å². The molecule has 6 heterocycles. The summed E-state index contributed by atoms with van der Waals surface area (Å²) in [6, 6.07) is 0. The number of aromatic nitrogens is 7. The number of hydrogen-bond acceptors (Lipinski definition) is 16. The Bertz CT molecular complexity index is 1900. The summed E-state index contributed by atoms with van der Waals surface area (Å²) in [5.74, 6) is -0.0859. The first kappa shape index (κ1) is 29.9. The van der Waals surface area contributed by atoms with E-state index in [2.05, 4.69) is 29.4 Å². The summed E-state index contributed by atoms with van der Waals surface area (Å²) in [6.45, 7) is -0.760. The van der Waals surface area contributed by atoms with E-state index in [-0.39, 0.29) is 52.5 Å². The minimum absolute atomic E-state index is 0.0179. The monoisotopic (exact) mass is 663 g/mol. The van der Waals surface area contributed by atoms with Gasteiger partial charge in [-0.3, -0.25) is 37.3 Å². The van der Waals surface area contributed by atoms with Gasteiger partial charge in [-0.15, -0.1) is 0 Å². The zero-order valence-electron chi connectivity index (χ0n) is 21.5. The molecule has 6 atom stereocenters. The number of thiazole rings is 1. The van der Waals surface area contributed by atoms with E-state index in [4.69, 9.17) is 30.0 Å². The van der Waals surface area contributed by atoms with Crippen molar-refractivity contribution in [1.82, 2.24) is 34.1 Å². The molecule has 0 radical (unpaired) electrons. The fourth-order valence-corrected chi connectivity index (χ4v) is 7.07. The number of ether oxygens (including phenoxy) is 2. The number of phosphoric acid groups is 2. The minimum atomic E-state index is -4.97. The minimum Gasteiger partial charge on any atom is -0.382 e. The second-order valence-electron chi connectivity index (χ2n) is 9.39. The molecule has 1 unspecified atom stereocenters. The van der Waals surface area contributed by atoms with Crippen LogP contribution in [0.25, 0.3) is 21.5 Å². The maximum absolute atomic E-state index is 13.1. The zero-order chi connectivity index (χ0) is 30.7. The molecule has 4 aromatic rings. The molecule has 24 heteroatoms. The van der Waals surface area contributed by atoms with E-state index in [0.29, 0.717) is 0 Å². The fourth-order valence-electron chi connectivity index (χ4n) is 4.78. The number of aromatic amines is 1. The first-order valence-electron chi connectivity index (χ1n) is 12.3. The van der Waals surface area contributed by atoms with Crippen LogP contribution in [0.4, 0.5) is 11.8 Å². The Hall–Kier alpha value is -3.14. The van der Waals surface area contributed by atoms with E-state index >= 15 is 0 Å². The summed E-state index contributed by atoms with van der Waals surface area (Å²) < 4.78 is 53.9. The van der Waals surface area contributed by atoms with Crippen molar-refractivity contribution in [3.05, 3.63) is 32.7 Å². The number of imidazole rings is 1. The van der Waals surface area contributed by atoms with Crippen LogP contribution in [0.1, 0.15) is 31.7 Å². The molecule has 21 nitrogen and oxygen atoms in total. The van der Waals surface area contributed by atoms with E-state index in [0.717, 1.165) is 22.2 Å². The molecule has 0 saturated carbocycles. The lowest BCUT2D eigenvalue weighted by Gasteiger charge is -2.23.